The van der Waals surface area contributed by atoms with E-state index in [0.29, 0.717) is 0 Å². The van der Waals surface area contributed by atoms with Gasteiger partial charge in [0, 0.05) is 39.5 Å². The van der Waals surface area contributed by atoms with Crippen LogP contribution in [-0.2, 0) is 5.41 Å². The highest BCUT2D eigenvalue weighted by molar-refractivity contribution is 6.16. The molecule has 2 heterocycles. The van der Waals surface area contributed by atoms with Crippen LogP contribution in [0.4, 0.5) is 5.69 Å². The molecule has 56 heavy (non-hydrogen) atoms. The molecule has 266 valence electrons. The number of hydrogen-bond donors (Lipinski definition) is 0. The summed E-state index contributed by atoms with van der Waals surface area (Å²) in [4.78, 5) is 5.13. The molecule has 0 amide bonds. The smallest absolute Gasteiger partial charge is 0.139 e. The fourth-order valence-corrected chi connectivity index (χ4v) is 10.4. The van der Waals surface area contributed by atoms with Crippen molar-refractivity contribution in [2.75, 3.05) is 0 Å². The van der Waals surface area contributed by atoms with Crippen LogP contribution in [0.5, 0.6) is 11.5 Å². The molecule has 1 spiro atoms. The lowest BCUT2D eigenvalue weighted by molar-refractivity contribution is 0.264. The zero-order valence-electron chi connectivity index (χ0n) is 31.2. The highest BCUT2D eigenvalue weighted by Gasteiger charge is 2.63. The van der Waals surface area contributed by atoms with Gasteiger partial charge in [0.2, 0.25) is 0 Å². The molecule has 4 atom stereocenters. The lowest BCUT2D eigenvalue weighted by Crippen LogP contribution is -2.45. The minimum Gasteiger partial charge on any atom is -0.456 e. The van der Waals surface area contributed by atoms with Gasteiger partial charge in [-0.25, -0.2) is 4.99 Å². The molecular formula is C54H39NO. The largest absolute Gasteiger partial charge is 0.456 e. The Kier molecular flexibility index (Phi) is 7.21. The van der Waals surface area contributed by atoms with Crippen LogP contribution in [0.3, 0.4) is 0 Å². The van der Waals surface area contributed by atoms with E-state index in [0.717, 1.165) is 56.3 Å². The summed E-state index contributed by atoms with van der Waals surface area (Å²) in [6.07, 6.45) is 9.27. The van der Waals surface area contributed by atoms with Crippen molar-refractivity contribution in [3.63, 3.8) is 0 Å². The highest BCUT2D eigenvalue weighted by Crippen LogP contribution is 2.70. The lowest BCUT2D eigenvalue weighted by atomic mass is 9.53. The van der Waals surface area contributed by atoms with Crippen LogP contribution in [0.25, 0.3) is 22.3 Å². The second kappa shape index (κ2) is 12.4. The molecular weight excluding hydrogens is 679 g/mol. The molecule has 2 aliphatic carbocycles. The van der Waals surface area contributed by atoms with Crippen molar-refractivity contribution in [3.8, 4) is 33.8 Å². The van der Waals surface area contributed by atoms with Crippen molar-refractivity contribution in [2.45, 2.75) is 24.2 Å². The Labute approximate surface area is 328 Å². The van der Waals surface area contributed by atoms with Gasteiger partial charge in [0.05, 0.1) is 16.8 Å². The molecule has 0 fully saturated rings. The van der Waals surface area contributed by atoms with Gasteiger partial charge in [-0.05, 0) is 56.6 Å². The first-order chi connectivity index (χ1) is 27.6. The number of fused-ring (bicyclic) bond motifs is 10. The minimum absolute atomic E-state index is 0.0619. The molecule has 0 radical (unpaired) electrons. The number of aliphatic imine (C=N–C) groups is 1. The molecule has 2 heteroatoms. The number of nitrogens with zero attached hydrogens (tertiary/aromatic N) is 1. The van der Waals surface area contributed by atoms with E-state index in [9.17, 15) is 0 Å². The van der Waals surface area contributed by atoms with Crippen molar-refractivity contribution in [3.05, 3.63) is 245 Å². The lowest BCUT2D eigenvalue weighted by Gasteiger charge is -2.49. The van der Waals surface area contributed by atoms with Crippen molar-refractivity contribution >= 4 is 11.4 Å². The fourth-order valence-electron chi connectivity index (χ4n) is 10.4. The first-order valence-corrected chi connectivity index (χ1v) is 19.6. The molecule has 2 aliphatic heterocycles. The van der Waals surface area contributed by atoms with Gasteiger partial charge in [0.1, 0.15) is 11.5 Å². The molecule has 3 unspecified atom stereocenters. The van der Waals surface area contributed by atoms with Crippen molar-refractivity contribution in [1.29, 1.82) is 0 Å². The predicted molar refractivity (Wildman–Crippen MR) is 229 cm³/mol. The summed E-state index contributed by atoms with van der Waals surface area (Å²) in [5, 5.41) is 0. The van der Waals surface area contributed by atoms with Crippen LogP contribution < -0.4 is 4.74 Å². The summed E-state index contributed by atoms with van der Waals surface area (Å²) < 4.78 is 6.98. The number of ether oxygens (including phenoxy) is 1. The molecule has 0 bridgehead atoms. The standard InChI is InChI=1S/C54H39NO/c1-35-50(39-15-4-3-5-16-39)43-18-7-10-24-48(43)55-51(35)40-32-28-37(29-33-40)36-26-30-38(31-27-36)41-19-14-23-47-52(41)56-49-25-11-9-22-46(49)54(47)45-21-8-6-17-42(45)44-20-12-13-34-53(44,54)2/h3-34,44,50H,1H2,2H3/t44?,50?,53-,54?/m0/s1. The number of para-hydroxylation sites is 3. The Hall–Kier alpha value is -6.77. The summed E-state index contributed by atoms with van der Waals surface area (Å²) in [6.45, 7) is 7.04. The van der Waals surface area contributed by atoms with Gasteiger partial charge in [0.25, 0.3) is 0 Å². The van der Waals surface area contributed by atoms with Crippen LogP contribution in [0.15, 0.2) is 211 Å². The van der Waals surface area contributed by atoms with Crippen LogP contribution in [0, 0.1) is 5.41 Å². The van der Waals surface area contributed by atoms with E-state index in [1.165, 1.54) is 33.4 Å². The molecule has 2 nitrogen and oxygen atoms in total. The number of rotatable bonds is 4. The van der Waals surface area contributed by atoms with E-state index in [1.54, 1.807) is 0 Å². The Balaban J connectivity index is 0.963. The summed E-state index contributed by atoms with van der Waals surface area (Å²) in [5.74, 6) is 2.17. The van der Waals surface area contributed by atoms with Crippen molar-refractivity contribution in [1.82, 2.24) is 0 Å². The van der Waals surface area contributed by atoms with Gasteiger partial charge in [-0.1, -0.05) is 196 Å². The highest BCUT2D eigenvalue weighted by atomic mass is 16.5. The Morgan fingerprint density at radius 1 is 0.554 bits per heavy atom. The van der Waals surface area contributed by atoms with Crippen LogP contribution in [-0.4, -0.2) is 5.71 Å². The Morgan fingerprint density at radius 3 is 1.96 bits per heavy atom. The summed E-state index contributed by atoms with van der Waals surface area (Å²) in [7, 11) is 0. The van der Waals surface area contributed by atoms with Gasteiger partial charge in [0.15, 0.2) is 0 Å². The molecule has 0 saturated carbocycles. The van der Waals surface area contributed by atoms with E-state index in [4.69, 9.17) is 9.73 Å². The van der Waals surface area contributed by atoms with Gasteiger partial charge in [-0.15, -0.1) is 0 Å². The second-order valence-corrected chi connectivity index (χ2v) is 15.7. The average Bonchev–Trinajstić information content (AvgIpc) is 3.49. The number of allylic oxidation sites excluding steroid dienone is 5. The third-order valence-electron chi connectivity index (χ3n) is 12.9. The van der Waals surface area contributed by atoms with E-state index < -0.39 is 5.41 Å². The van der Waals surface area contributed by atoms with Crippen LogP contribution in [0.1, 0.15) is 57.7 Å². The first-order valence-electron chi connectivity index (χ1n) is 19.6. The van der Waals surface area contributed by atoms with Crippen LogP contribution in [0.2, 0.25) is 0 Å². The van der Waals surface area contributed by atoms with Crippen molar-refractivity contribution in [2.24, 2.45) is 10.4 Å². The van der Waals surface area contributed by atoms with Gasteiger partial charge in [-0.2, -0.15) is 0 Å². The average molecular weight is 718 g/mol. The molecule has 7 aromatic rings. The molecule has 7 aromatic carbocycles. The Morgan fingerprint density at radius 2 is 1.18 bits per heavy atom. The third kappa shape index (κ3) is 4.53. The molecule has 0 aromatic heterocycles. The van der Waals surface area contributed by atoms with Gasteiger partial charge in [-0.3, -0.25) is 0 Å². The van der Waals surface area contributed by atoms with Crippen LogP contribution >= 0.6 is 0 Å². The molecule has 4 aliphatic rings. The van der Waals surface area contributed by atoms with E-state index in [1.807, 2.05) is 0 Å². The first kappa shape index (κ1) is 32.6. The number of hydrogen-bond acceptors (Lipinski definition) is 2. The maximum absolute atomic E-state index is 6.98. The molecule has 0 saturated heterocycles. The van der Waals surface area contributed by atoms with Crippen molar-refractivity contribution < 1.29 is 4.74 Å². The second-order valence-electron chi connectivity index (χ2n) is 15.7. The zero-order chi connectivity index (χ0) is 37.4. The van der Waals surface area contributed by atoms with Gasteiger partial charge < -0.3 is 4.74 Å². The van der Waals surface area contributed by atoms with E-state index >= 15 is 0 Å². The quantitative estimate of drug-likeness (QED) is 0.178. The maximum Gasteiger partial charge on any atom is 0.139 e. The topological polar surface area (TPSA) is 21.6 Å². The number of benzene rings is 7. The Bertz CT molecular complexity index is 2810. The molecule has 0 N–H and O–H groups in total. The zero-order valence-corrected chi connectivity index (χ0v) is 31.2. The third-order valence-corrected chi connectivity index (χ3v) is 12.9. The maximum atomic E-state index is 6.98. The fraction of sp³-hybridized carbons (Fsp3) is 0.0926. The predicted octanol–water partition coefficient (Wildman–Crippen LogP) is 13.5. The SMILES string of the molecule is C=C1C(c2ccc(-c3ccc(-c4cccc5c4Oc4ccccc4C54c5ccccc5C5C=CC=C[C@@]54C)cc3)cc2)=Nc2ccccc2C1c1ccccc1. The summed E-state index contributed by atoms with van der Waals surface area (Å²) in [5.41, 5.74) is 15.5. The minimum atomic E-state index is -0.422. The van der Waals surface area contributed by atoms with E-state index in [-0.39, 0.29) is 17.3 Å². The molecule has 11 rings (SSSR count). The van der Waals surface area contributed by atoms with E-state index in [2.05, 4.69) is 208 Å². The van der Waals surface area contributed by atoms with Gasteiger partial charge >= 0.3 is 0 Å². The normalized spacial score (nSPS) is 22.3. The summed E-state index contributed by atoms with van der Waals surface area (Å²) in [6, 6.07) is 61.2. The monoisotopic (exact) mass is 717 g/mol. The summed E-state index contributed by atoms with van der Waals surface area (Å²) >= 11 is 0.